The Morgan fingerprint density at radius 2 is 1.94 bits per heavy atom. The van der Waals surface area contributed by atoms with Gasteiger partial charge in [-0.05, 0) is 32.9 Å². The van der Waals surface area contributed by atoms with Gasteiger partial charge < -0.3 is 4.90 Å². The molecule has 0 aliphatic heterocycles. The number of carbonyl (C=O) groups is 1. The fourth-order valence-electron chi connectivity index (χ4n) is 1.74. The molecular weight excluding hydrogens is 198 g/mol. The van der Waals surface area contributed by atoms with Crippen molar-refractivity contribution in [2.24, 2.45) is 0 Å². The molecular formula is C14H21NO. The molecule has 0 radical (unpaired) electrons. The molecule has 0 bridgehead atoms. The van der Waals surface area contributed by atoms with Gasteiger partial charge in [-0.1, -0.05) is 30.3 Å². The van der Waals surface area contributed by atoms with Crippen molar-refractivity contribution in [3.63, 3.8) is 0 Å². The van der Waals surface area contributed by atoms with Crippen LogP contribution in [0.3, 0.4) is 0 Å². The molecule has 0 N–H and O–H groups in total. The monoisotopic (exact) mass is 219 g/mol. The average Bonchev–Trinajstić information content (AvgIpc) is 2.26. The van der Waals surface area contributed by atoms with E-state index < -0.39 is 0 Å². The van der Waals surface area contributed by atoms with Gasteiger partial charge in [-0.3, -0.25) is 4.79 Å². The van der Waals surface area contributed by atoms with Crippen LogP contribution in [0.15, 0.2) is 30.3 Å². The normalized spacial score (nSPS) is 12.8. The molecule has 0 aliphatic rings. The number of likely N-dealkylation sites (N-methyl/N-ethyl adjacent to an activating group) is 1. The van der Waals surface area contributed by atoms with Gasteiger partial charge in [-0.15, -0.1) is 0 Å². The predicted octanol–water partition coefficient (Wildman–Crippen LogP) is 2.53. The summed E-state index contributed by atoms with van der Waals surface area (Å²) < 4.78 is 0. The third-order valence-electron chi connectivity index (χ3n) is 2.93. The third kappa shape index (κ3) is 4.58. The van der Waals surface area contributed by atoms with Gasteiger partial charge in [0.15, 0.2) is 0 Å². The molecule has 1 aromatic rings. The molecule has 1 rings (SSSR count). The lowest BCUT2D eigenvalue weighted by Gasteiger charge is -2.23. The zero-order valence-corrected chi connectivity index (χ0v) is 10.4. The van der Waals surface area contributed by atoms with Crippen LogP contribution in [0.2, 0.25) is 0 Å². The smallest absolute Gasteiger partial charge is 0.131 e. The van der Waals surface area contributed by atoms with E-state index >= 15 is 0 Å². The van der Waals surface area contributed by atoms with Gasteiger partial charge in [0, 0.05) is 19.0 Å². The number of benzene rings is 1. The van der Waals surface area contributed by atoms with E-state index in [4.69, 9.17) is 0 Å². The summed E-state index contributed by atoms with van der Waals surface area (Å²) in [5.74, 6) is 0.263. The van der Waals surface area contributed by atoms with E-state index in [1.54, 1.807) is 6.92 Å². The first kappa shape index (κ1) is 12.9. The molecule has 1 unspecified atom stereocenters. The van der Waals surface area contributed by atoms with Crippen LogP contribution in [0.4, 0.5) is 0 Å². The summed E-state index contributed by atoms with van der Waals surface area (Å²) in [4.78, 5) is 13.3. The van der Waals surface area contributed by atoms with Crippen molar-refractivity contribution in [1.29, 1.82) is 0 Å². The quantitative estimate of drug-likeness (QED) is 0.732. The van der Waals surface area contributed by atoms with E-state index in [1.807, 2.05) is 6.07 Å². The Morgan fingerprint density at radius 1 is 1.31 bits per heavy atom. The van der Waals surface area contributed by atoms with Gasteiger partial charge in [-0.25, -0.2) is 0 Å². The minimum atomic E-state index is 0.263. The maximum Gasteiger partial charge on any atom is 0.131 e. The van der Waals surface area contributed by atoms with Gasteiger partial charge in [0.05, 0.1) is 0 Å². The zero-order chi connectivity index (χ0) is 12.0. The SMILES string of the molecule is CC(=O)CC(C)N(C)CCc1ccccc1. The minimum absolute atomic E-state index is 0.263. The van der Waals surface area contributed by atoms with Gasteiger partial charge in [0.25, 0.3) is 0 Å². The minimum Gasteiger partial charge on any atom is -0.303 e. The van der Waals surface area contributed by atoms with Crippen molar-refractivity contribution in [2.45, 2.75) is 32.7 Å². The average molecular weight is 219 g/mol. The summed E-state index contributed by atoms with van der Waals surface area (Å²) >= 11 is 0. The van der Waals surface area contributed by atoms with E-state index in [0.29, 0.717) is 12.5 Å². The predicted molar refractivity (Wildman–Crippen MR) is 67.5 cm³/mol. The molecule has 0 fully saturated rings. The van der Waals surface area contributed by atoms with Crippen molar-refractivity contribution < 1.29 is 4.79 Å². The third-order valence-corrected chi connectivity index (χ3v) is 2.93. The van der Waals surface area contributed by atoms with Gasteiger partial charge in [0.2, 0.25) is 0 Å². The molecule has 2 heteroatoms. The molecule has 2 nitrogen and oxygen atoms in total. The highest BCUT2D eigenvalue weighted by molar-refractivity contribution is 5.76. The molecule has 0 heterocycles. The summed E-state index contributed by atoms with van der Waals surface area (Å²) in [5, 5.41) is 0. The lowest BCUT2D eigenvalue weighted by atomic mass is 10.1. The highest BCUT2D eigenvalue weighted by Gasteiger charge is 2.10. The molecule has 1 aromatic carbocycles. The summed E-state index contributed by atoms with van der Waals surface area (Å²) in [6, 6.07) is 10.8. The Labute approximate surface area is 98.3 Å². The highest BCUT2D eigenvalue weighted by Crippen LogP contribution is 2.05. The van der Waals surface area contributed by atoms with Crippen LogP contribution in [-0.4, -0.2) is 30.3 Å². The van der Waals surface area contributed by atoms with Crippen molar-refractivity contribution in [2.75, 3.05) is 13.6 Å². The molecule has 88 valence electrons. The number of hydrogen-bond donors (Lipinski definition) is 0. The Morgan fingerprint density at radius 3 is 2.50 bits per heavy atom. The van der Waals surface area contributed by atoms with E-state index in [9.17, 15) is 4.79 Å². The van der Waals surface area contributed by atoms with Gasteiger partial charge >= 0.3 is 0 Å². The van der Waals surface area contributed by atoms with Crippen LogP contribution < -0.4 is 0 Å². The Kier molecular flexibility index (Phi) is 5.20. The topological polar surface area (TPSA) is 20.3 Å². The summed E-state index contributed by atoms with van der Waals surface area (Å²) in [6.07, 6.45) is 1.69. The Hall–Kier alpha value is -1.15. The van der Waals surface area contributed by atoms with E-state index in [-0.39, 0.29) is 5.78 Å². The van der Waals surface area contributed by atoms with E-state index in [0.717, 1.165) is 13.0 Å². The maximum atomic E-state index is 11.0. The van der Waals surface area contributed by atoms with Crippen molar-refractivity contribution in [3.05, 3.63) is 35.9 Å². The first-order chi connectivity index (χ1) is 7.59. The molecule has 0 amide bonds. The second-order valence-electron chi connectivity index (χ2n) is 4.47. The van der Waals surface area contributed by atoms with Crippen molar-refractivity contribution in [1.82, 2.24) is 4.90 Å². The van der Waals surface area contributed by atoms with Gasteiger partial charge in [0.1, 0.15) is 5.78 Å². The first-order valence-corrected chi connectivity index (χ1v) is 5.83. The molecule has 0 aliphatic carbocycles. The first-order valence-electron chi connectivity index (χ1n) is 5.83. The maximum absolute atomic E-state index is 11.0. The van der Waals surface area contributed by atoms with Crippen molar-refractivity contribution in [3.8, 4) is 0 Å². The fourth-order valence-corrected chi connectivity index (χ4v) is 1.74. The number of hydrogen-bond acceptors (Lipinski definition) is 2. The van der Waals surface area contributed by atoms with Crippen LogP contribution in [-0.2, 0) is 11.2 Å². The highest BCUT2D eigenvalue weighted by atomic mass is 16.1. The summed E-state index contributed by atoms with van der Waals surface area (Å²) in [5.41, 5.74) is 1.35. The number of Topliss-reactive ketones (excluding diaryl/α,β-unsaturated/α-hetero) is 1. The molecule has 0 saturated heterocycles. The molecule has 0 spiro atoms. The number of carbonyl (C=O) groups excluding carboxylic acids is 1. The largest absolute Gasteiger partial charge is 0.303 e. The van der Waals surface area contributed by atoms with Crippen LogP contribution in [0.5, 0.6) is 0 Å². The van der Waals surface area contributed by atoms with Crippen LogP contribution >= 0.6 is 0 Å². The molecule has 0 saturated carbocycles. The Bertz CT molecular complexity index is 321. The van der Waals surface area contributed by atoms with Crippen LogP contribution in [0.1, 0.15) is 25.8 Å². The van der Waals surface area contributed by atoms with E-state index in [1.165, 1.54) is 5.56 Å². The second kappa shape index (κ2) is 6.44. The standard InChI is InChI=1S/C14H21NO/c1-12(11-13(2)16)15(3)10-9-14-7-5-4-6-8-14/h4-8,12H,9-11H2,1-3H3. The molecule has 0 aromatic heterocycles. The second-order valence-corrected chi connectivity index (χ2v) is 4.47. The fraction of sp³-hybridized carbons (Fsp3) is 0.500. The van der Waals surface area contributed by atoms with Crippen LogP contribution in [0.25, 0.3) is 0 Å². The summed E-state index contributed by atoms with van der Waals surface area (Å²) in [7, 11) is 2.08. The van der Waals surface area contributed by atoms with Crippen molar-refractivity contribution >= 4 is 5.78 Å². The zero-order valence-electron chi connectivity index (χ0n) is 10.4. The molecule has 1 atom stereocenters. The van der Waals surface area contributed by atoms with E-state index in [2.05, 4.69) is 43.1 Å². The van der Waals surface area contributed by atoms with Gasteiger partial charge in [-0.2, -0.15) is 0 Å². The number of nitrogens with zero attached hydrogens (tertiary/aromatic N) is 1. The Balaban J connectivity index is 2.35. The number of rotatable bonds is 6. The summed E-state index contributed by atoms with van der Waals surface area (Å²) in [6.45, 7) is 4.76. The number of ketones is 1. The lowest BCUT2D eigenvalue weighted by Crippen LogP contribution is -2.32. The lowest BCUT2D eigenvalue weighted by molar-refractivity contribution is -0.118. The molecule has 16 heavy (non-hydrogen) atoms. The van der Waals surface area contributed by atoms with Crippen LogP contribution in [0, 0.1) is 0 Å².